The molecule has 0 radical (unpaired) electrons. The minimum atomic E-state index is -1.50. The third kappa shape index (κ3) is 2.42. The average Bonchev–Trinajstić information content (AvgIpc) is 2.67. The summed E-state index contributed by atoms with van der Waals surface area (Å²) in [6, 6.07) is 1.79. The highest BCUT2D eigenvalue weighted by Crippen LogP contribution is 2.26. The van der Waals surface area contributed by atoms with Crippen molar-refractivity contribution in [2.24, 2.45) is 0 Å². The van der Waals surface area contributed by atoms with E-state index in [1.807, 2.05) is 20.8 Å². The molecule has 0 aliphatic rings. The first-order valence-corrected chi connectivity index (χ1v) is 5.95. The Morgan fingerprint density at radius 2 is 1.68 bits per heavy atom. The van der Waals surface area contributed by atoms with Crippen molar-refractivity contribution in [3.63, 3.8) is 0 Å². The van der Waals surface area contributed by atoms with Crippen LogP contribution in [0.15, 0.2) is 12.1 Å². The van der Waals surface area contributed by atoms with Crippen molar-refractivity contribution in [2.45, 2.75) is 26.3 Å². The van der Waals surface area contributed by atoms with E-state index in [0.717, 1.165) is 12.1 Å². The third-order valence-electron chi connectivity index (χ3n) is 2.59. The van der Waals surface area contributed by atoms with Crippen LogP contribution in [0.25, 0.3) is 11.4 Å². The summed E-state index contributed by atoms with van der Waals surface area (Å²) in [5, 5.41) is 6.53. The van der Waals surface area contributed by atoms with Crippen LogP contribution >= 0.6 is 12.2 Å². The second kappa shape index (κ2) is 4.48. The van der Waals surface area contributed by atoms with Crippen molar-refractivity contribution in [1.82, 2.24) is 14.8 Å². The Hall–Kier alpha value is -1.63. The summed E-state index contributed by atoms with van der Waals surface area (Å²) in [6.07, 6.45) is 0. The Bertz CT molecular complexity index is 659. The monoisotopic (exact) mass is 287 g/mol. The van der Waals surface area contributed by atoms with E-state index in [4.69, 9.17) is 12.2 Å². The van der Waals surface area contributed by atoms with Gasteiger partial charge in [0, 0.05) is 11.1 Å². The zero-order valence-corrected chi connectivity index (χ0v) is 11.4. The van der Waals surface area contributed by atoms with Crippen LogP contribution in [0.4, 0.5) is 13.2 Å². The maximum Gasteiger partial charge on any atom is 0.195 e. The first-order chi connectivity index (χ1) is 8.71. The molecule has 1 aromatic heterocycles. The maximum atomic E-state index is 13.3. The van der Waals surface area contributed by atoms with Gasteiger partial charge in [0.25, 0.3) is 0 Å². The Morgan fingerprint density at radius 3 is 2.16 bits per heavy atom. The number of hydrogen-bond donors (Lipinski definition) is 1. The summed E-state index contributed by atoms with van der Waals surface area (Å²) < 4.78 is 41.5. The number of H-pyrrole nitrogens is 1. The van der Waals surface area contributed by atoms with E-state index < -0.39 is 23.0 Å². The van der Waals surface area contributed by atoms with Gasteiger partial charge in [0.05, 0.1) is 0 Å². The van der Waals surface area contributed by atoms with Gasteiger partial charge in [-0.1, -0.05) is 0 Å². The summed E-state index contributed by atoms with van der Waals surface area (Å²) in [5.41, 5.74) is -0.306. The van der Waals surface area contributed by atoms with Crippen molar-refractivity contribution in [3.8, 4) is 11.4 Å². The lowest BCUT2D eigenvalue weighted by atomic mass is 10.1. The summed E-state index contributed by atoms with van der Waals surface area (Å²) in [4.78, 5) is 0. The summed E-state index contributed by atoms with van der Waals surface area (Å²) >= 11 is 5.10. The molecule has 1 aromatic carbocycles. The van der Waals surface area contributed by atoms with E-state index in [2.05, 4.69) is 10.2 Å². The number of nitrogens with one attached hydrogen (secondary N) is 1. The van der Waals surface area contributed by atoms with Gasteiger partial charge in [-0.25, -0.2) is 13.2 Å². The molecule has 0 amide bonds. The highest BCUT2D eigenvalue weighted by atomic mass is 32.1. The molecule has 2 aromatic rings. The molecule has 1 heterocycles. The molecule has 102 valence electrons. The van der Waals surface area contributed by atoms with Crippen molar-refractivity contribution >= 4 is 12.2 Å². The van der Waals surface area contributed by atoms with Crippen LogP contribution in [0.5, 0.6) is 0 Å². The van der Waals surface area contributed by atoms with E-state index in [1.54, 1.807) is 4.57 Å². The molecule has 0 bridgehead atoms. The highest BCUT2D eigenvalue weighted by Gasteiger charge is 2.22. The Kier molecular flexibility index (Phi) is 3.25. The zero-order valence-electron chi connectivity index (χ0n) is 10.6. The maximum absolute atomic E-state index is 13.3. The second-order valence-electron chi connectivity index (χ2n) is 5.11. The van der Waals surface area contributed by atoms with Crippen LogP contribution in [0, 0.1) is 22.2 Å². The molecule has 0 unspecified atom stereocenters. The SMILES string of the molecule is CC(C)(C)n1c(-c2cc(F)c(F)c(F)c2)n[nH]c1=S. The van der Waals surface area contributed by atoms with Crippen molar-refractivity contribution in [1.29, 1.82) is 0 Å². The summed E-state index contributed by atoms with van der Waals surface area (Å²) in [6.45, 7) is 5.62. The van der Waals surface area contributed by atoms with Gasteiger partial charge in [0.2, 0.25) is 0 Å². The van der Waals surface area contributed by atoms with E-state index >= 15 is 0 Å². The van der Waals surface area contributed by atoms with Crippen LogP contribution < -0.4 is 0 Å². The lowest BCUT2D eigenvalue weighted by Crippen LogP contribution is -2.23. The van der Waals surface area contributed by atoms with Gasteiger partial charge in [-0.05, 0) is 45.1 Å². The van der Waals surface area contributed by atoms with E-state index in [-0.39, 0.29) is 11.4 Å². The van der Waals surface area contributed by atoms with Crippen molar-refractivity contribution in [2.75, 3.05) is 0 Å². The lowest BCUT2D eigenvalue weighted by molar-refractivity contribution is 0.395. The fourth-order valence-electron chi connectivity index (χ4n) is 1.80. The molecule has 0 spiro atoms. The highest BCUT2D eigenvalue weighted by molar-refractivity contribution is 7.71. The molecule has 0 saturated heterocycles. The number of nitrogens with zero attached hydrogens (tertiary/aromatic N) is 2. The molecule has 0 aliphatic carbocycles. The van der Waals surface area contributed by atoms with Gasteiger partial charge in [0.1, 0.15) is 0 Å². The molecule has 19 heavy (non-hydrogen) atoms. The number of benzene rings is 1. The first kappa shape index (κ1) is 13.8. The van der Waals surface area contributed by atoms with Crippen LogP contribution in [-0.2, 0) is 5.54 Å². The fraction of sp³-hybridized carbons (Fsp3) is 0.333. The van der Waals surface area contributed by atoms with Gasteiger partial charge in [-0.2, -0.15) is 5.10 Å². The van der Waals surface area contributed by atoms with Gasteiger partial charge < -0.3 is 0 Å². The number of halogens is 3. The number of aromatic amines is 1. The second-order valence-corrected chi connectivity index (χ2v) is 5.50. The molecule has 7 heteroatoms. The molecule has 0 saturated carbocycles. The summed E-state index contributed by atoms with van der Waals surface area (Å²) in [7, 11) is 0. The van der Waals surface area contributed by atoms with Crippen LogP contribution in [-0.4, -0.2) is 14.8 Å². The number of rotatable bonds is 1. The topological polar surface area (TPSA) is 33.6 Å². The average molecular weight is 287 g/mol. The Balaban J connectivity index is 2.71. The van der Waals surface area contributed by atoms with Gasteiger partial charge in [-0.3, -0.25) is 9.67 Å². The first-order valence-electron chi connectivity index (χ1n) is 5.54. The standard InChI is InChI=1S/C12H12F3N3S/c1-12(2,3)18-10(16-17-11(18)19)6-4-7(13)9(15)8(14)5-6/h4-5H,1-3H3,(H,17,19). The Labute approximate surface area is 113 Å². The molecule has 1 N–H and O–H groups in total. The molecule has 0 aliphatic heterocycles. The van der Waals surface area contributed by atoms with Crippen LogP contribution in [0.1, 0.15) is 20.8 Å². The predicted octanol–water partition coefficient (Wildman–Crippen LogP) is 3.78. The van der Waals surface area contributed by atoms with Crippen molar-refractivity contribution < 1.29 is 13.2 Å². The molecule has 0 atom stereocenters. The largest absolute Gasteiger partial charge is 0.295 e. The minimum Gasteiger partial charge on any atom is -0.295 e. The summed E-state index contributed by atoms with van der Waals surface area (Å²) in [5.74, 6) is -3.76. The fourth-order valence-corrected chi connectivity index (χ4v) is 2.20. The van der Waals surface area contributed by atoms with Gasteiger partial charge in [0.15, 0.2) is 28.0 Å². The lowest BCUT2D eigenvalue weighted by Gasteiger charge is -2.22. The van der Waals surface area contributed by atoms with Crippen LogP contribution in [0.2, 0.25) is 0 Å². The molecule has 0 fully saturated rings. The van der Waals surface area contributed by atoms with E-state index in [9.17, 15) is 13.2 Å². The zero-order chi connectivity index (χ0) is 14.4. The van der Waals surface area contributed by atoms with E-state index in [1.165, 1.54) is 0 Å². The normalized spacial score (nSPS) is 11.9. The predicted molar refractivity (Wildman–Crippen MR) is 67.7 cm³/mol. The minimum absolute atomic E-state index is 0.124. The Morgan fingerprint density at radius 1 is 1.16 bits per heavy atom. The smallest absolute Gasteiger partial charge is 0.195 e. The third-order valence-corrected chi connectivity index (χ3v) is 2.86. The number of hydrogen-bond acceptors (Lipinski definition) is 2. The number of aromatic nitrogens is 3. The molecular weight excluding hydrogens is 275 g/mol. The van der Waals surface area contributed by atoms with Gasteiger partial charge in [-0.15, -0.1) is 0 Å². The molecular formula is C12H12F3N3S. The van der Waals surface area contributed by atoms with Crippen molar-refractivity contribution in [3.05, 3.63) is 34.4 Å². The van der Waals surface area contributed by atoms with Gasteiger partial charge >= 0.3 is 0 Å². The van der Waals surface area contributed by atoms with Crippen LogP contribution in [0.3, 0.4) is 0 Å². The van der Waals surface area contributed by atoms with E-state index in [0.29, 0.717) is 4.77 Å². The molecule has 2 rings (SSSR count). The quantitative estimate of drug-likeness (QED) is 0.639. The molecule has 3 nitrogen and oxygen atoms in total.